The van der Waals surface area contributed by atoms with E-state index in [1.165, 1.54) is 0 Å². The van der Waals surface area contributed by atoms with Crippen LogP contribution < -0.4 is 15.2 Å². The lowest BCUT2D eigenvalue weighted by Gasteiger charge is -2.31. The van der Waals surface area contributed by atoms with Crippen LogP contribution in [0.1, 0.15) is 29.7 Å². The molecule has 110 valence electrons. The number of nitrogens with two attached hydrogens (primary N) is 1. The van der Waals surface area contributed by atoms with Crippen molar-refractivity contribution in [1.29, 1.82) is 0 Å². The Bertz CT molecular complexity index is 677. The van der Waals surface area contributed by atoms with Crippen LogP contribution in [-0.4, -0.2) is 7.11 Å². The van der Waals surface area contributed by atoms with Crippen molar-refractivity contribution in [3.8, 4) is 11.5 Å². The second-order valence-corrected chi connectivity index (χ2v) is 6.31. The van der Waals surface area contributed by atoms with Crippen LogP contribution in [0.25, 0.3) is 0 Å². The molecule has 2 aromatic carbocycles. The fourth-order valence-electron chi connectivity index (χ4n) is 2.66. The van der Waals surface area contributed by atoms with Gasteiger partial charge < -0.3 is 15.2 Å². The molecule has 2 unspecified atom stereocenters. The number of methoxy groups -OCH3 is 1. The van der Waals surface area contributed by atoms with Gasteiger partial charge in [0.25, 0.3) is 0 Å². The third kappa shape index (κ3) is 2.76. The van der Waals surface area contributed by atoms with Crippen LogP contribution >= 0.6 is 27.5 Å². The van der Waals surface area contributed by atoms with Gasteiger partial charge in [-0.2, -0.15) is 0 Å². The van der Waals surface area contributed by atoms with Gasteiger partial charge in [0.05, 0.1) is 17.7 Å². The van der Waals surface area contributed by atoms with Crippen LogP contribution in [0, 0.1) is 0 Å². The summed E-state index contributed by atoms with van der Waals surface area (Å²) in [5.74, 6) is 1.51. The van der Waals surface area contributed by atoms with E-state index >= 15 is 0 Å². The highest BCUT2D eigenvalue weighted by molar-refractivity contribution is 9.10. The first kappa shape index (κ1) is 14.7. The molecule has 1 aliphatic heterocycles. The molecular formula is C16H15BrClNO2. The van der Waals surface area contributed by atoms with Gasteiger partial charge in [-0.3, -0.25) is 0 Å². The van der Waals surface area contributed by atoms with Crippen molar-refractivity contribution in [3.05, 3.63) is 57.0 Å². The van der Waals surface area contributed by atoms with Crippen LogP contribution in [0.2, 0.25) is 5.02 Å². The van der Waals surface area contributed by atoms with Crippen molar-refractivity contribution in [3.63, 3.8) is 0 Å². The number of halogens is 2. The molecule has 3 rings (SSSR count). The van der Waals surface area contributed by atoms with Gasteiger partial charge in [0.2, 0.25) is 0 Å². The Labute approximate surface area is 137 Å². The standard InChI is InChI=1S/C16H15BrClNO2/c1-20-13-4-2-3-11(18)16(13)15-8-12(19)10-6-5-9(17)7-14(10)21-15/h2-7,12,15H,8,19H2,1H3. The van der Waals surface area contributed by atoms with Crippen molar-refractivity contribution in [2.24, 2.45) is 5.73 Å². The zero-order chi connectivity index (χ0) is 15.0. The first-order valence-electron chi connectivity index (χ1n) is 6.64. The summed E-state index contributed by atoms with van der Waals surface area (Å²) in [7, 11) is 1.63. The molecule has 0 spiro atoms. The van der Waals surface area contributed by atoms with Gasteiger partial charge in [0, 0.05) is 22.5 Å². The van der Waals surface area contributed by atoms with E-state index in [2.05, 4.69) is 15.9 Å². The van der Waals surface area contributed by atoms with Crippen LogP contribution in [0.15, 0.2) is 40.9 Å². The van der Waals surface area contributed by atoms with E-state index in [-0.39, 0.29) is 12.1 Å². The molecule has 5 heteroatoms. The Morgan fingerprint density at radius 2 is 2.14 bits per heavy atom. The second-order valence-electron chi connectivity index (χ2n) is 4.99. The number of fused-ring (bicyclic) bond motifs is 1. The number of ether oxygens (including phenoxy) is 2. The fourth-order valence-corrected chi connectivity index (χ4v) is 3.29. The highest BCUT2D eigenvalue weighted by Crippen LogP contribution is 2.44. The quantitative estimate of drug-likeness (QED) is 0.840. The Morgan fingerprint density at radius 3 is 2.90 bits per heavy atom. The van der Waals surface area contributed by atoms with Crippen molar-refractivity contribution >= 4 is 27.5 Å². The summed E-state index contributed by atoms with van der Waals surface area (Å²) in [6.07, 6.45) is 0.444. The van der Waals surface area contributed by atoms with Gasteiger partial charge >= 0.3 is 0 Å². The molecule has 3 nitrogen and oxygen atoms in total. The van der Waals surface area contributed by atoms with Crippen molar-refractivity contribution in [2.45, 2.75) is 18.6 Å². The third-order valence-electron chi connectivity index (χ3n) is 3.67. The largest absolute Gasteiger partial charge is 0.496 e. The molecule has 2 atom stereocenters. The summed E-state index contributed by atoms with van der Waals surface area (Å²) in [5, 5.41) is 0.630. The zero-order valence-electron chi connectivity index (χ0n) is 11.5. The van der Waals surface area contributed by atoms with E-state index in [1.54, 1.807) is 7.11 Å². The van der Waals surface area contributed by atoms with Crippen molar-refractivity contribution < 1.29 is 9.47 Å². The average Bonchev–Trinajstić information content (AvgIpc) is 2.46. The molecule has 2 N–H and O–H groups in total. The molecule has 1 heterocycles. The lowest BCUT2D eigenvalue weighted by molar-refractivity contribution is 0.158. The molecule has 0 fully saturated rings. The lowest BCUT2D eigenvalue weighted by atomic mass is 9.93. The van der Waals surface area contributed by atoms with Gasteiger partial charge in [0.1, 0.15) is 17.6 Å². The first-order chi connectivity index (χ1) is 10.1. The fraction of sp³-hybridized carbons (Fsp3) is 0.250. The van der Waals surface area contributed by atoms with Gasteiger partial charge in [0.15, 0.2) is 0 Å². The van der Waals surface area contributed by atoms with E-state index < -0.39 is 0 Å². The molecule has 0 aliphatic carbocycles. The summed E-state index contributed by atoms with van der Waals surface area (Å²) in [6, 6.07) is 11.4. The zero-order valence-corrected chi connectivity index (χ0v) is 13.8. The smallest absolute Gasteiger partial charge is 0.131 e. The number of rotatable bonds is 2. The highest BCUT2D eigenvalue weighted by atomic mass is 79.9. The second kappa shape index (κ2) is 5.87. The van der Waals surface area contributed by atoms with Crippen molar-refractivity contribution in [2.75, 3.05) is 7.11 Å². The molecule has 0 radical (unpaired) electrons. The third-order valence-corrected chi connectivity index (χ3v) is 4.49. The molecule has 0 amide bonds. The van der Waals surface area contributed by atoms with Gasteiger partial charge in [-0.25, -0.2) is 0 Å². The molecule has 21 heavy (non-hydrogen) atoms. The molecular weight excluding hydrogens is 354 g/mol. The van der Waals surface area contributed by atoms with E-state index in [0.29, 0.717) is 11.4 Å². The van der Waals surface area contributed by atoms with E-state index in [0.717, 1.165) is 27.1 Å². The molecule has 0 saturated heterocycles. The molecule has 0 saturated carbocycles. The molecule has 0 bridgehead atoms. The van der Waals surface area contributed by atoms with Crippen LogP contribution in [-0.2, 0) is 0 Å². The highest BCUT2D eigenvalue weighted by Gasteiger charge is 2.30. The van der Waals surface area contributed by atoms with E-state index in [1.807, 2.05) is 36.4 Å². The minimum Gasteiger partial charge on any atom is -0.496 e. The van der Waals surface area contributed by atoms with Gasteiger partial charge in [-0.05, 0) is 24.3 Å². The van der Waals surface area contributed by atoms with Crippen LogP contribution in [0.4, 0.5) is 0 Å². The predicted octanol–water partition coefficient (Wildman–Crippen LogP) is 4.63. The van der Waals surface area contributed by atoms with E-state index in [4.69, 9.17) is 26.8 Å². The lowest BCUT2D eigenvalue weighted by Crippen LogP contribution is -2.24. The number of benzene rings is 2. The maximum absolute atomic E-state index is 6.34. The molecule has 2 aromatic rings. The van der Waals surface area contributed by atoms with Crippen molar-refractivity contribution in [1.82, 2.24) is 0 Å². The summed E-state index contributed by atoms with van der Waals surface area (Å²) in [5.41, 5.74) is 8.15. The minimum atomic E-state index is -0.217. The normalized spacial score (nSPS) is 20.6. The summed E-state index contributed by atoms with van der Waals surface area (Å²) < 4.78 is 12.5. The SMILES string of the molecule is COc1cccc(Cl)c1C1CC(N)c2ccc(Br)cc2O1. The summed E-state index contributed by atoms with van der Waals surface area (Å²) >= 11 is 9.80. The minimum absolute atomic E-state index is 0.0900. The van der Waals surface area contributed by atoms with Crippen LogP contribution in [0.5, 0.6) is 11.5 Å². The summed E-state index contributed by atoms with van der Waals surface area (Å²) in [6.45, 7) is 0. The predicted molar refractivity (Wildman–Crippen MR) is 87.1 cm³/mol. The first-order valence-corrected chi connectivity index (χ1v) is 7.81. The summed E-state index contributed by atoms with van der Waals surface area (Å²) in [4.78, 5) is 0. The van der Waals surface area contributed by atoms with Crippen LogP contribution in [0.3, 0.4) is 0 Å². The maximum atomic E-state index is 6.34. The Kier molecular flexibility index (Phi) is 4.11. The molecule has 0 aromatic heterocycles. The Hall–Kier alpha value is -1.23. The number of hydrogen-bond donors (Lipinski definition) is 1. The number of hydrogen-bond acceptors (Lipinski definition) is 3. The maximum Gasteiger partial charge on any atom is 0.131 e. The Balaban J connectivity index is 2.03. The molecule has 1 aliphatic rings. The van der Waals surface area contributed by atoms with E-state index in [9.17, 15) is 0 Å². The topological polar surface area (TPSA) is 44.5 Å². The Morgan fingerprint density at radius 1 is 1.33 bits per heavy atom. The monoisotopic (exact) mass is 367 g/mol. The van der Waals surface area contributed by atoms with Gasteiger partial charge in [-0.15, -0.1) is 0 Å². The average molecular weight is 369 g/mol. The van der Waals surface area contributed by atoms with Gasteiger partial charge in [-0.1, -0.05) is 39.7 Å².